The molecular weight excluding hydrogens is 904 g/mol. The minimum absolute atomic E-state index is 0.168. The quantitative estimate of drug-likeness (QED) is 0.0197. The lowest BCUT2D eigenvalue weighted by atomic mass is 10.0. The normalized spacial score (nSPS) is 13.7. The largest absolute Gasteiger partial charge is 0.472 e. The molecule has 0 aromatic heterocycles. The Kier molecular flexibility index (Phi) is 50.8. The molecule has 0 aliphatic rings. The van der Waals surface area contributed by atoms with E-state index >= 15 is 0 Å². The summed E-state index contributed by atoms with van der Waals surface area (Å²) >= 11 is 0. The van der Waals surface area contributed by atoms with Crippen LogP contribution in [0.25, 0.3) is 0 Å². The molecule has 11 nitrogen and oxygen atoms in total. The number of phosphoric ester groups is 1. The summed E-state index contributed by atoms with van der Waals surface area (Å²) in [5.41, 5.74) is 0. The summed E-state index contributed by atoms with van der Waals surface area (Å²) in [5, 5.41) is 9.78. The van der Waals surface area contributed by atoms with E-state index in [-0.39, 0.29) is 25.9 Å². The van der Waals surface area contributed by atoms with E-state index in [2.05, 4.69) is 69.4 Å². The number of hydrogen-bond acceptors (Lipinski definition) is 10. The maximum absolute atomic E-state index is 12.9. The van der Waals surface area contributed by atoms with Crippen LogP contribution in [0, 0.1) is 0 Å². The van der Waals surface area contributed by atoms with E-state index in [9.17, 15) is 28.9 Å². The zero-order valence-corrected chi connectivity index (χ0v) is 45.9. The van der Waals surface area contributed by atoms with Crippen molar-refractivity contribution in [3.8, 4) is 0 Å². The highest BCUT2D eigenvalue weighted by molar-refractivity contribution is 7.47. The molecule has 0 aliphatic heterocycles. The number of rotatable bonds is 53. The highest BCUT2D eigenvalue weighted by Gasteiger charge is 2.28. The van der Waals surface area contributed by atoms with Gasteiger partial charge in [-0.05, 0) is 70.6 Å². The van der Waals surface area contributed by atoms with Gasteiger partial charge in [0, 0.05) is 19.3 Å². The summed E-state index contributed by atoms with van der Waals surface area (Å²) in [6.07, 6.45) is 55.0. The molecule has 0 aromatic carbocycles. The molecule has 0 radical (unpaired) electrons. The van der Waals surface area contributed by atoms with Crippen LogP contribution in [0.2, 0.25) is 0 Å². The summed E-state index contributed by atoms with van der Waals surface area (Å²) in [6, 6.07) is 0. The summed E-state index contributed by atoms with van der Waals surface area (Å²) in [6.45, 7) is 4.50. The maximum Gasteiger partial charge on any atom is 0.472 e. The number of aliphatic hydroxyl groups is 1. The number of unbranched alkanes of at least 4 members (excludes halogenated alkanes) is 28. The van der Waals surface area contributed by atoms with Gasteiger partial charge in [-0.1, -0.05) is 223 Å². The molecular formula is C58H105O11P. The molecule has 2 N–H and O–H groups in total. The molecule has 0 amide bonds. The van der Waals surface area contributed by atoms with Crippen molar-refractivity contribution in [2.75, 3.05) is 26.4 Å². The third-order valence-electron chi connectivity index (χ3n) is 12.2. The Morgan fingerprint density at radius 1 is 0.414 bits per heavy atom. The van der Waals surface area contributed by atoms with E-state index in [4.69, 9.17) is 23.3 Å². The Bertz CT molecular complexity index is 1360. The van der Waals surface area contributed by atoms with Gasteiger partial charge in [-0.25, -0.2) is 4.57 Å². The van der Waals surface area contributed by atoms with Crippen LogP contribution in [-0.2, 0) is 42.2 Å². The Balaban J connectivity index is 4.72. The van der Waals surface area contributed by atoms with Crippen LogP contribution in [0.5, 0.6) is 0 Å². The number of esters is 3. The Labute approximate surface area is 428 Å². The molecule has 0 fully saturated rings. The molecule has 12 heteroatoms. The van der Waals surface area contributed by atoms with Crippen molar-refractivity contribution in [1.29, 1.82) is 0 Å². The van der Waals surface area contributed by atoms with Crippen molar-refractivity contribution in [1.82, 2.24) is 0 Å². The van der Waals surface area contributed by atoms with Gasteiger partial charge in [-0.2, -0.15) is 0 Å². The first-order chi connectivity index (χ1) is 34.2. The molecule has 0 spiro atoms. The van der Waals surface area contributed by atoms with Crippen molar-refractivity contribution >= 4 is 25.7 Å². The third kappa shape index (κ3) is 50.4. The zero-order chi connectivity index (χ0) is 51.3. The average molecular weight is 1010 g/mol. The van der Waals surface area contributed by atoms with Crippen molar-refractivity contribution < 1.29 is 52.2 Å². The predicted octanol–water partition coefficient (Wildman–Crippen LogP) is 16.6. The zero-order valence-electron chi connectivity index (χ0n) is 45.0. The molecule has 0 bridgehead atoms. The number of carbonyl (C=O) groups excluding carboxylic acids is 3. The molecule has 0 aromatic rings. The number of hydrogen-bond donors (Lipinski definition) is 2. The number of allylic oxidation sites excluding steroid dienone is 8. The van der Waals surface area contributed by atoms with Crippen molar-refractivity contribution in [2.24, 2.45) is 0 Å². The number of ether oxygens (including phenoxy) is 3. The lowest BCUT2D eigenvalue weighted by molar-refractivity contribution is -0.161. The van der Waals surface area contributed by atoms with E-state index < -0.39 is 57.8 Å². The molecule has 0 saturated carbocycles. The minimum Gasteiger partial charge on any atom is -0.462 e. The Morgan fingerprint density at radius 2 is 0.757 bits per heavy atom. The molecule has 3 unspecified atom stereocenters. The van der Waals surface area contributed by atoms with Crippen LogP contribution in [0.15, 0.2) is 48.6 Å². The van der Waals surface area contributed by atoms with Crippen LogP contribution >= 0.6 is 7.82 Å². The Morgan fingerprint density at radius 3 is 1.20 bits per heavy atom. The SMILES string of the molecule is CC/C=C\C/C=C\C/C=C\CCCCCCCCCC(=O)OCC(COP(=O)(O)OCC(CO)OC(=O)CCCCCCC/C=C\CCCC)OC(=O)CCCCCCCCCCCCCCCCC. The summed E-state index contributed by atoms with van der Waals surface area (Å²) < 4.78 is 39.5. The summed E-state index contributed by atoms with van der Waals surface area (Å²) in [7, 11) is -4.74. The number of aliphatic hydroxyl groups excluding tert-OH is 1. The third-order valence-corrected chi connectivity index (χ3v) is 13.2. The summed E-state index contributed by atoms with van der Waals surface area (Å²) in [5.74, 6) is -1.47. The van der Waals surface area contributed by atoms with Crippen LogP contribution in [0.4, 0.5) is 0 Å². The van der Waals surface area contributed by atoms with Crippen LogP contribution in [-0.4, -0.2) is 66.5 Å². The van der Waals surface area contributed by atoms with Gasteiger partial charge in [0.05, 0.1) is 19.8 Å². The first-order valence-electron chi connectivity index (χ1n) is 28.5. The van der Waals surface area contributed by atoms with E-state index in [0.29, 0.717) is 19.3 Å². The molecule has 0 rings (SSSR count). The minimum atomic E-state index is -4.74. The number of carbonyl (C=O) groups is 3. The highest BCUT2D eigenvalue weighted by Crippen LogP contribution is 2.43. The Hall–Kier alpha value is -2.56. The van der Waals surface area contributed by atoms with Gasteiger partial charge >= 0.3 is 25.7 Å². The second kappa shape index (κ2) is 52.8. The van der Waals surface area contributed by atoms with Crippen molar-refractivity contribution in [3.05, 3.63) is 48.6 Å². The van der Waals surface area contributed by atoms with Crippen molar-refractivity contribution in [3.63, 3.8) is 0 Å². The van der Waals surface area contributed by atoms with E-state index in [1.54, 1.807) is 0 Å². The van der Waals surface area contributed by atoms with Gasteiger partial charge in [0.15, 0.2) is 6.10 Å². The van der Waals surface area contributed by atoms with Crippen molar-refractivity contribution in [2.45, 2.75) is 277 Å². The van der Waals surface area contributed by atoms with Crippen LogP contribution < -0.4 is 0 Å². The van der Waals surface area contributed by atoms with Gasteiger partial charge in [-0.3, -0.25) is 23.4 Å². The first-order valence-corrected chi connectivity index (χ1v) is 30.0. The second-order valence-corrected chi connectivity index (χ2v) is 20.5. The average Bonchev–Trinajstić information content (AvgIpc) is 3.35. The van der Waals surface area contributed by atoms with E-state index in [0.717, 1.165) is 109 Å². The molecule has 0 heterocycles. The standard InChI is InChI=1S/C58H105O11P/c1-4-7-10-13-16-19-22-24-26-27-29-30-33-35-38-41-44-47-56(60)65-51-55(69-58(62)49-46-43-40-37-34-31-28-25-23-20-17-14-11-8-5-2)53-67-70(63,64)66-52-54(50-59)68-57(61)48-45-42-39-36-32-21-18-15-12-9-6-3/h7,10,15-16,18-19,24,26,54-55,59H,4-6,8-9,11-14,17,20-23,25,27-53H2,1-3H3,(H,63,64)/b10-7-,18-15-,19-16-,26-24-. The van der Waals surface area contributed by atoms with Gasteiger partial charge in [0.1, 0.15) is 12.7 Å². The number of phosphoric acid groups is 1. The van der Waals surface area contributed by atoms with E-state index in [1.165, 1.54) is 96.3 Å². The smallest absolute Gasteiger partial charge is 0.462 e. The lowest BCUT2D eigenvalue weighted by Crippen LogP contribution is -2.30. The second-order valence-electron chi connectivity index (χ2n) is 19.1. The molecule has 408 valence electrons. The lowest BCUT2D eigenvalue weighted by Gasteiger charge is -2.21. The van der Waals surface area contributed by atoms with Gasteiger partial charge in [0.25, 0.3) is 0 Å². The molecule has 0 aliphatic carbocycles. The van der Waals surface area contributed by atoms with Gasteiger partial charge in [0.2, 0.25) is 0 Å². The fourth-order valence-electron chi connectivity index (χ4n) is 7.88. The summed E-state index contributed by atoms with van der Waals surface area (Å²) in [4.78, 5) is 48.5. The van der Waals surface area contributed by atoms with Gasteiger partial charge < -0.3 is 24.2 Å². The fourth-order valence-corrected chi connectivity index (χ4v) is 8.67. The highest BCUT2D eigenvalue weighted by atomic mass is 31.2. The predicted molar refractivity (Wildman–Crippen MR) is 289 cm³/mol. The molecule has 0 saturated heterocycles. The molecule has 3 atom stereocenters. The van der Waals surface area contributed by atoms with Gasteiger partial charge in [-0.15, -0.1) is 0 Å². The topological polar surface area (TPSA) is 155 Å². The molecule has 70 heavy (non-hydrogen) atoms. The first kappa shape index (κ1) is 67.4. The monoisotopic (exact) mass is 1010 g/mol. The maximum atomic E-state index is 12.9. The van der Waals surface area contributed by atoms with Crippen LogP contribution in [0.1, 0.15) is 265 Å². The van der Waals surface area contributed by atoms with Crippen LogP contribution in [0.3, 0.4) is 0 Å². The fraction of sp³-hybridized carbons (Fsp3) is 0.810. The van der Waals surface area contributed by atoms with E-state index in [1.807, 2.05) is 0 Å².